The lowest BCUT2D eigenvalue weighted by Crippen LogP contribution is -2.22. The van der Waals surface area contributed by atoms with Crippen LogP contribution < -0.4 is 0 Å². The largest absolute Gasteiger partial charge is 0.462 e. The molecule has 0 N–H and O–H groups in total. The number of ether oxygens (including phenoxy) is 1. The van der Waals surface area contributed by atoms with Gasteiger partial charge in [0.15, 0.2) is 0 Å². The van der Waals surface area contributed by atoms with Crippen LogP contribution in [0.2, 0.25) is 0 Å². The summed E-state index contributed by atoms with van der Waals surface area (Å²) < 4.78 is 5.51. The minimum atomic E-state index is 0.0435. The lowest BCUT2D eigenvalue weighted by Gasteiger charge is -2.18. The summed E-state index contributed by atoms with van der Waals surface area (Å²) in [6.45, 7) is 8.47. The van der Waals surface area contributed by atoms with Gasteiger partial charge in [-0.25, -0.2) is 0 Å². The van der Waals surface area contributed by atoms with Crippen LogP contribution >= 0.6 is 0 Å². The van der Waals surface area contributed by atoms with E-state index in [-0.39, 0.29) is 18.0 Å². The highest BCUT2D eigenvalue weighted by Gasteiger charge is 2.20. The molecule has 2 unspecified atom stereocenters. The number of rotatable bonds is 12. The zero-order valence-electron chi connectivity index (χ0n) is 13.5. The number of unbranched alkanes of at least 4 members (excludes halogenated alkanes) is 5. The maximum Gasteiger partial charge on any atom is 0.309 e. The average molecular weight is 270 g/mol. The molecular weight excluding hydrogens is 236 g/mol. The van der Waals surface area contributed by atoms with E-state index in [9.17, 15) is 4.79 Å². The number of hydrogen-bond acceptors (Lipinski definition) is 2. The van der Waals surface area contributed by atoms with E-state index in [0.717, 1.165) is 25.7 Å². The van der Waals surface area contributed by atoms with Crippen molar-refractivity contribution in [1.82, 2.24) is 0 Å². The molecule has 0 radical (unpaired) electrons. The molecule has 0 aromatic rings. The van der Waals surface area contributed by atoms with E-state index in [1.54, 1.807) is 0 Å². The fourth-order valence-electron chi connectivity index (χ4n) is 2.22. The Kier molecular flexibility index (Phi) is 12.2. The zero-order valence-corrected chi connectivity index (χ0v) is 13.5. The maximum absolute atomic E-state index is 12.1. The first-order chi connectivity index (χ1) is 9.15. The van der Waals surface area contributed by atoms with Crippen molar-refractivity contribution in [3.8, 4) is 0 Å². The molecule has 0 aromatic heterocycles. The quantitative estimate of drug-likeness (QED) is 0.346. The number of hydrogen-bond donors (Lipinski definition) is 0. The molecule has 0 aromatic carbocycles. The summed E-state index contributed by atoms with van der Waals surface area (Å²) in [7, 11) is 0. The van der Waals surface area contributed by atoms with Crippen molar-refractivity contribution >= 4 is 5.97 Å². The van der Waals surface area contributed by atoms with E-state index in [1.165, 1.54) is 38.5 Å². The minimum Gasteiger partial charge on any atom is -0.462 e. The van der Waals surface area contributed by atoms with Gasteiger partial charge in [0.05, 0.1) is 12.0 Å². The van der Waals surface area contributed by atoms with E-state index in [2.05, 4.69) is 20.8 Å². The van der Waals surface area contributed by atoms with Gasteiger partial charge in [0.25, 0.3) is 0 Å². The monoisotopic (exact) mass is 270 g/mol. The highest BCUT2D eigenvalue weighted by molar-refractivity contribution is 5.72. The van der Waals surface area contributed by atoms with Crippen LogP contribution in [0.1, 0.15) is 91.9 Å². The lowest BCUT2D eigenvalue weighted by molar-refractivity contribution is -0.154. The summed E-state index contributed by atoms with van der Waals surface area (Å²) in [5, 5.41) is 0. The van der Waals surface area contributed by atoms with Gasteiger partial charge in [0.2, 0.25) is 0 Å². The Morgan fingerprint density at radius 1 is 0.895 bits per heavy atom. The van der Waals surface area contributed by atoms with Gasteiger partial charge in [-0.2, -0.15) is 0 Å². The Labute approximate surface area is 120 Å². The molecule has 0 aliphatic rings. The third-order valence-electron chi connectivity index (χ3n) is 3.79. The Balaban J connectivity index is 4.10. The molecule has 0 aliphatic carbocycles. The number of esters is 1. The molecule has 0 amide bonds. The van der Waals surface area contributed by atoms with E-state index in [0.29, 0.717) is 0 Å². The fraction of sp³-hybridized carbons (Fsp3) is 0.941. The molecule has 114 valence electrons. The summed E-state index contributed by atoms with van der Waals surface area (Å²) in [4.78, 5) is 12.1. The smallest absolute Gasteiger partial charge is 0.309 e. The van der Waals surface area contributed by atoms with Gasteiger partial charge in [-0.05, 0) is 26.2 Å². The van der Waals surface area contributed by atoms with Crippen molar-refractivity contribution in [3.63, 3.8) is 0 Å². The Morgan fingerprint density at radius 3 is 1.95 bits per heavy atom. The molecule has 19 heavy (non-hydrogen) atoms. The highest BCUT2D eigenvalue weighted by atomic mass is 16.5. The van der Waals surface area contributed by atoms with Gasteiger partial charge in [0.1, 0.15) is 0 Å². The first kappa shape index (κ1) is 18.5. The van der Waals surface area contributed by atoms with Gasteiger partial charge in [-0.15, -0.1) is 0 Å². The van der Waals surface area contributed by atoms with Crippen LogP contribution in [0.3, 0.4) is 0 Å². The van der Waals surface area contributed by atoms with Crippen molar-refractivity contribution in [2.75, 3.05) is 0 Å². The minimum absolute atomic E-state index is 0.0435. The third kappa shape index (κ3) is 9.98. The second-order valence-electron chi connectivity index (χ2n) is 5.70. The molecule has 0 aliphatic heterocycles. The van der Waals surface area contributed by atoms with Gasteiger partial charge in [-0.1, -0.05) is 65.7 Å². The summed E-state index contributed by atoms with van der Waals surface area (Å²) >= 11 is 0. The van der Waals surface area contributed by atoms with Crippen LogP contribution in [-0.2, 0) is 9.53 Å². The predicted molar refractivity (Wildman–Crippen MR) is 82.2 cm³/mol. The van der Waals surface area contributed by atoms with Crippen molar-refractivity contribution in [2.45, 2.75) is 98.0 Å². The molecule has 0 fully saturated rings. The standard InChI is InChI=1S/C17H34O2/c1-5-8-10-12-14-16(13-11-9-6-2)17(18)19-15(4)7-3/h15-16H,5-14H2,1-4H3. The highest BCUT2D eigenvalue weighted by Crippen LogP contribution is 2.20. The van der Waals surface area contributed by atoms with Crippen molar-refractivity contribution in [3.05, 3.63) is 0 Å². The molecule has 2 nitrogen and oxygen atoms in total. The molecule has 0 saturated heterocycles. The lowest BCUT2D eigenvalue weighted by atomic mass is 9.95. The van der Waals surface area contributed by atoms with E-state index >= 15 is 0 Å². The second-order valence-corrected chi connectivity index (χ2v) is 5.70. The molecule has 0 saturated carbocycles. The maximum atomic E-state index is 12.1. The SMILES string of the molecule is CCCCCCC(CCCCC)C(=O)OC(C)CC. The second kappa shape index (κ2) is 12.5. The molecule has 0 spiro atoms. The van der Waals surface area contributed by atoms with Crippen LogP contribution in [0, 0.1) is 5.92 Å². The summed E-state index contributed by atoms with van der Waals surface area (Å²) in [6, 6.07) is 0. The molecule has 0 rings (SSSR count). The van der Waals surface area contributed by atoms with Crippen LogP contribution in [-0.4, -0.2) is 12.1 Å². The van der Waals surface area contributed by atoms with Gasteiger partial charge in [-0.3, -0.25) is 4.79 Å². The average Bonchev–Trinajstić information content (AvgIpc) is 2.41. The van der Waals surface area contributed by atoms with Crippen LogP contribution in [0.25, 0.3) is 0 Å². The van der Waals surface area contributed by atoms with Crippen LogP contribution in [0.4, 0.5) is 0 Å². The first-order valence-electron chi connectivity index (χ1n) is 8.36. The molecule has 0 heterocycles. The normalized spacial score (nSPS) is 14.1. The van der Waals surface area contributed by atoms with E-state index in [4.69, 9.17) is 4.74 Å². The number of carbonyl (C=O) groups is 1. The topological polar surface area (TPSA) is 26.3 Å². The summed E-state index contributed by atoms with van der Waals surface area (Å²) in [5.41, 5.74) is 0. The molecule has 0 bridgehead atoms. The van der Waals surface area contributed by atoms with E-state index in [1.807, 2.05) is 6.92 Å². The first-order valence-corrected chi connectivity index (χ1v) is 8.36. The zero-order chi connectivity index (χ0) is 14.5. The number of carbonyl (C=O) groups excluding carboxylic acids is 1. The molecule has 2 atom stereocenters. The van der Waals surface area contributed by atoms with Crippen molar-refractivity contribution < 1.29 is 9.53 Å². The van der Waals surface area contributed by atoms with Crippen LogP contribution in [0.5, 0.6) is 0 Å². The third-order valence-corrected chi connectivity index (χ3v) is 3.79. The van der Waals surface area contributed by atoms with Crippen molar-refractivity contribution in [1.29, 1.82) is 0 Å². The van der Waals surface area contributed by atoms with Gasteiger partial charge >= 0.3 is 5.97 Å². The van der Waals surface area contributed by atoms with E-state index < -0.39 is 0 Å². The van der Waals surface area contributed by atoms with Gasteiger partial charge < -0.3 is 4.74 Å². The van der Waals surface area contributed by atoms with Gasteiger partial charge in [0, 0.05) is 0 Å². The summed E-state index contributed by atoms with van der Waals surface area (Å²) in [5.74, 6) is 0.180. The van der Waals surface area contributed by atoms with Crippen molar-refractivity contribution in [2.24, 2.45) is 5.92 Å². The fourth-order valence-corrected chi connectivity index (χ4v) is 2.22. The summed E-state index contributed by atoms with van der Waals surface area (Å²) in [6.07, 6.45) is 11.5. The van der Waals surface area contributed by atoms with Crippen LogP contribution in [0.15, 0.2) is 0 Å². The Morgan fingerprint density at radius 2 is 1.42 bits per heavy atom. The molecular formula is C17H34O2. The molecule has 2 heteroatoms. The predicted octanol–water partition coefficient (Wildman–Crippen LogP) is 5.50. The Bertz CT molecular complexity index is 213. The Hall–Kier alpha value is -0.530.